The fraction of sp³-hybridized carbons (Fsp3) is 0.889. The van der Waals surface area contributed by atoms with E-state index in [9.17, 15) is 33.3 Å². The molecule has 0 bridgehead atoms. The normalized spacial score (nSPS) is 26.1. The minimum absolute atomic E-state index is 0.161. The van der Waals surface area contributed by atoms with Gasteiger partial charge in [0.2, 0.25) is 0 Å². The lowest BCUT2D eigenvalue weighted by Gasteiger charge is -2.36. The highest BCUT2D eigenvalue weighted by molar-refractivity contribution is 7.91. The van der Waals surface area contributed by atoms with Crippen molar-refractivity contribution in [3.8, 4) is 0 Å². The Balaban J connectivity index is 2.74. The number of hydrogen-bond donors (Lipinski definition) is 4. The van der Waals surface area contributed by atoms with Crippen LogP contribution in [0.2, 0.25) is 0 Å². The number of aliphatic hydroxyl groups is 2. The molecule has 1 aliphatic rings. The Morgan fingerprint density at radius 1 is 1.27 bits per heavy atom. The van der Waals surface area contributed by atoms with E-state index in [0.717, 1.165) is 6.42 Å². The van der Waals surface area contributed by atoms with Crippen molar-refractivity contribution in [1.29, 1.82) is 0 Å². The maximum Gasteiger partial charge on any atom is 0.408 e. The van der Waals surface area contributed by atoms with Gasteiger partial charge in [0, 0.05) is 13.0 Å². The molecule has 0 aromatic heterocycles. The van der Waals surface area contributed by atoms with Gasteiger partial charge in [0.25, 0.3) is 0 Å². The quantitative estimate of drug-likeness (QED) is 0.330. The Morgan fingerprint density at radius 2 is 1.90 bits per heavy atom. The number of ether oxygens (including phenoxy) is 3. The van der Waals surface area contributed by atoms with Crippen LogP contribution in [0.3, 0.4) is 0 Å². The summed E-state index contributed by atoms with van der Waals surface area (Å²) in [5, 5.41) is 31.3. The third kappa shape index (κ3) is 9.56. The topological polar surface area (TPSA) is 169 Å². The SMILES string of the molecule is CCCCOC1OC(CS(=O)(=O)C[C@H](NC(=O)OC(C)(C)C)C(=O)O)CC(O)C1O. The van der Waals surface area contributed by atoms with Gasteiger partial charge in [-0.05, 0) is 27.2 Å². The van der Waals surface area contributed by atoms with Crippen molar-refractivity contribution in [3.63, 3.8) is 0 Å². The van der Waals surface area contributed by atoms with E-state index >= 15 is 0 Å². The molecule has 11 nitrogen and oxygen atoms in total. The molecule has 0 aromatic rings. The van der Waals surface area contributed by atoms with Crippen LogP contribution in [0.25, 0.3) is 0 Å². The number of aliphatic hydroxyl groups excluding tert-OH is 2. The van der Waals surface area contributed by atoms with Crippen LogP contribution in [0.1, 0.15) is 47.0 Å². The van der Waals surface area contributed by atoms with Crippen LogP contribution in [0, 0.1) is 0 Å². The van der Waals surface area contributed by atoms with Gasteiger partial charge < -0.3 is 34.8 Å². The highest BCUT2D eigenvalue weighted by Gasteiger charge is 2.40. The van der Waals surface area contributed by atoms with Crippen molar-refractivity contribution in [2.24, 2.45) is 0 Å². The largest absolute Gasteiger partial charge is 0.480 e. The highest BCUT2D eigenvalue weighted by Crippen LogP contribution is 2.23. The molecular weight excluding hydrogens is 422 g/mol. The highest BCUT2D eigenvalue weighted by atomic mass is 32.2. The molecule has 4 unspecified atom stereocenters. The summed E-state index contributed by atoms with van der Waals surface area (Å²) in [6.07, 6.45) is -4.44. The number of hydrogen-bond acceptors (Lipinski definition) is 9. The van der Waals surface area contributed by atoms with Gasteiger partial charge in [-0.1, -0.05) is 13.3 Å². The molecule has 30 heavy (non-hydrogen) atoms. The number of sulfone groups is 1. The van der Waals surface area contributed by atoms with Gasteiger partial charge in [0.15, 0.2) is 16.1 Å². The second-order valence-corrected chi connectivity index (χ2v) is 10.4. The maximum atomic E-state index is 12.5. The molecule has 1 fully saturated rings. The van der Waals surface area contributed by atoms with Crippen LogP contribution >= 0.6 is 0 Å². The molecule has 4 N–H and O–H groups in total. The molecule has 1 saturated heterocycles. The number of carboxylic acid groups (broad SMARTS) is 1. The van der Waals surface area contributed by atoms with Gasteiger partial charge in [-0.2, -0.15) is 0 Å². The van der Waals surface area contributed by atoms with Crippen LogP contribution in [0.15, 0.2) is 0 Å². The lowest BCUT2D eigenvalue weighted by atomic mass is 10.0. The fourth-order valence-electron chi connectivity index (χ4n) is 2.73. The smallest absolute Gasteiger partial charge is 0.408 e. The molecule has 1 aliphatic heterocycles. The number of carbonyl (C=O) groups is 2. The van der Waals surface area contributed by atoms with Gasteiger partial charge in [0.05, 0.1) is 23.7 Å². The Bertz CT molecular complexity index is 675. The summed E-state index contributed by atoms with van der Waals surface area (Å²) >= 11 is 0. The summed E-state index contributed by atoms with van der Waals surface area (Å²) in [5.41, 5.74) is -0.883. The van der Waals surface area contributed by atoms with E-state index in [-0.39, 0.29) is 13.0 Å². The molecular formula is C18H33NO10S. The zero-order valence-electron chi connectivity index (χ0n) is 17.7. The number of aliphatic carboxylic acids is 1. The van der Waals surface area contributed by atoms with Crippen LogP contribution < -0.4 is 5.32 Å². The van der Waals surface area contributed by atoms with Crippen molar-refractivity contribution in [3.05, 3.63) is 0 Å². The minimum Gasteiger partial charge on any atom is -0.480 e. The first kappa shape index (κ1) is 26.6. The Morgan fingerprint density at radius 3 is 2.43 bits per heavy atom. The summed E-state index contributed by atoms with van der Waals surface area (Å²) in [5.74, 6) is -3.03. The van der Waals surface area contributed by atoms with Gasteiger partial charge in [-0.25, -0.2) is 18.0 Å². The molecule has 1 heterocycles. The van der Waals surface area contributed by atoms with Gasteiger partial charge in [-0.15, -0.1) is 0 Å². The number of alkyl carbamates (subject to hydrolysis) is 1. The molecule has 0 aliphatic carbocycles. The molecule has 1 amide bonds. The molecule has 176 valence electrons. The van der Waals surface area contributed by atoms with E-state index < -0.39 is 69.7 Å². The van der Waals surface area contributed by atoms with Crippen molar-refractivity contribution in [2.75, 3.05) is 18.1 Å². The summed E-state index contributed by atoms with van der Waals surface area (Å²) in [4.78, 5) is 23.2. The number of unbranched alkanes of at least 4 members (excludes halogenated alkanes) is 1. The summed E-state index contributed by atoms with van der Waals surface area (Å²) in [6.45, 7) is 6.95. The zero-order valence-corrected chi connectivity index (χ0v) is 18.6. The number of rotatable bonds is 10. The van der Waals surface area contributed by atoms with E-state index in [4.69, 9.17) is 14.2 Å². The maximum absolute atomic E-state index is 12.5. The summed E-state index contributed by atoms with van der Waals surface area (Å²) in [7, 11) is -4.03. The van der Waals surface area contributed by atoms with E-state index in [1.165, 1.54) is 0 Å². The van der Waals surface area contributed by atoms with E-state index in [1.807, 2.05) is 12.2 Å². The molecule has 0 spiro atoms. The lowest BCUT2D eigenvalue weighted by Crippen LogP contribution is -2.52. The van der Waals surface area contributed by atoms with Gasteiger partial charge in [0.1, 0.15) is 17.7 Å². The van der Waals surface area contributed by atoms with Crippen LogP contribution in [-0.4, -0.2) is 90.2 Å². The first-order chi connectivity index (χ1) is 13.7. The number of carbonyl (C=O) groups excluding carboxylic acids is 1. The van der Waals surface area contributed by atoms with Crippen LogP contribution in [0.5, 0.6) is 0 Å². The van der Waals surface area contributed by atoms with Crippen molar-refractivity contribution < 1.29 is 47.5 Å². The first-order valence-electron chi connectivity index (χ1n) is 9.80. The average Bonchev–Trinajstić information content (AvgIpc) is 2.56. The summed E-state index contributed by atoms with van der Waals surface area (Å²) in [6, 6.07) is -1.72. The van der Waals surface area contributed by atoms with E-state index in [1.54, 1.807) is 20.8 Å². The molecule has 0 saturated carbocycles. The van der Waals surface area contributed by atoms with E-state index in [0.29, 0.717) is 6.42 Å². The Hall–Kier alpha value is -1.47. The van der Waals surface area contributed by atoms with Crippen LogP contribution in [-0.2, 0) is 28.8 Å². The Labute approximate surface area is 176 Å². The molecule has 1 rings (SSSR count). The third-order valence-electron chi connectivity index (χ3n) is 4.13. The first-order valence-corrected chi connectivity index (χ1v) is 11.6. The van der Waals surface area contributed by atoms with Gasteiger partial charge >= 0.3 is 12.1 Å². The van der Waals surface area contributed by atoms with Crippen molar-refractivity contribution in [1.82, 2.24) is 5.32 Å². The van der Waals surface area contributed by atoms with Crippen molar-refractivity contribution in [2.45, 2.75) is 83.2 Å². The standard InChI is InChI=1S/C18H33NO10S/c1-5-6-7-27-16-14(21)13(20)8-11(28-16)9-30(25,26)10-12(15(22)23)19-17(24)29-18(2,3)4/h11-14,16,20-21H,5-10H2,1-4H3,(H,19,24)(H,22,23)/t11?,12-,13?,14?,16?/m0/s1. The fourth-order valence-corrected chi connectivity index (χ4v) is 4.39. The third-order valence-corrected chi connectivity index (χ3v) is 5.85. The summed E-state index contributed by atoms with van der Waals surface area (Å²) < 4.78 is 40.8. The number of carboxylic acids is 1. The number of nitrogens with one attached hydrogen (secondary N) is 1. The van der Waals surface area contributed by atoms with Crippen molar-refractivity contribution >= 4 is 21.9 Å². The molecule has 0 radical (unpaired) electrons. The molecule has 5 atom stereocenters. The van der Waals surface area contributed by atoms with Gasteiger partial charge in [-0.3, -0.25) is 0 Å². The predicted octanol–water partition coefficient (Wildman–Crippen LogP) is 0.0326. The average molecular weight is 456 g/mol. The monoisotopic (exact) mass is 455 g/mol. The molecule has 0 aromatic carbocycles. The molecule has 12 heteroatoms. The second-order valence-electron chi connectivity index (χ2n) is 8.26. The Kier molecular flexibility index (Phi) is 9.95. The minimum atomic E-state index is -4.03. The number of amides is 1. The lowest BCUT2D eigenvalue weighted by molar-refractivity contribution is -0.262. The second kappa shape index (κ2) is 11.2. The van der Waals surface area contributed by atoms with Crippen LogP contribution in [0.4, 0.5) is 4.79 Å². The van der Waals surface area contributed by atoms with E-state index in [2.05, 4.69) is 0 Å². The zero-order chi connectivity index (χ0) is 23.1. The predicted molar refractivity (Wildman–Crippen MR) is 106 cm³/mol.